The molecule has 0 heterocycles. The van der Waals surface area contributed by atoms with Gasteiger partial charge in [0.05, 0.1) is 18.2 Å². The maximum absolute atomic E-state index is 12.3. The van der Waals surface area contributed by atoms with Gasteiger partial charge in [0, 0.05) is 10.2 Å². The number of hydrogen-bond donors (Lipinski definition) is 2. The monoisotopic (exact) mass is 365 g/mol. The summed E-state index contributed by atoms with van der Waals surface area (Å²) in [7, 11) is -3.75. The highest BCUT2D eigenvalue weighted by Crippen LogP contribution is 2.25. The van der Waals surface area contributed by atoms with E-state index in [0.717, 1.165) is 5.56 Å². The topological polar surface area (TPSA) is 96.0 Å². The molecule has 2 aromatic rings. The van der Waals surface area contributed by atoms with Crippen LogP contribution < -0.4 is 10.5 Å². The van der Waals surface area contributed by atoms with Crippen LogP contribution in [0.25, 0.3) is 0 Å². The van der Waals surface area contributed by atoms with Crippen molar-refractivity contribution in [2.75, 3.05) is 10.5 Å². The van der Waals surface area contributed by atoms with E-state index in [2.05, 4.69) is 20.7 Å². The van der Waals surface area contributed by atoms with Gasteiger partial charge in [-0.05, 0) is 35.9 Å². The van der Waals surface area contributed by atoms with Gasteiger partial charge in [0.15, 0.2) is 0 Å². The molecule has 21 heavy (non-hydrogen) atoms. The summed E-state index contributed by atoms with van der Waals surface area (Å²) in [5.41, 5.74) is 7.14. The van der Waals surface area contributed by atoms with Gasteiger partial charge >= 0.3 is 0 Å². The first-order chi connectivity index (χ1) is 9.92. The summed E-state index contributed by atoms with van der Waals surface area (Å²) >= 11 is 3.23. The normalized spacial score (nSPS) is 10.9. The largest absolute Gasteiger partial charge is 0.398 e. The first-order valence-corrected chi connectivity index (χ1v) is 8.24. The fourth-order valence-corrected chi connectivity index (χ4v) is 3.31. The quantitative estimate of drug-likeness (QED) is 0.814. The van der Waals surface area contributed by atoms with Crippen LogP contribution in [0.1, 0.15) is 5.56 Å². The van der Waals surface area contributed by atoms with Crippen LogP contribution in [0.15, 0.2) is 51.8 Å². The standard InChI is InChI=1S/C14H12BrN3O2S/c15-11-3-6-14(13(17)9-11)21(19,20)18-12-4-1-10(2-5-12)7-8-16/h1-6,9,18H,7,17H2. The first kappa shape index (κ1) is 15.4. The van der Waals surface area contributed by atoms with Gasteiger partial charge in [0.2, 0.25) is 0 Å². The molecule has 0 bridgehead atoms. The molecule has 2 rings (SSSR count). The number of nitrogens with one attached hydrogen (secondary N) is 1. The Morgan fingerprint density at radius 2 is 1.86 bits per heavy atom. The molecule has 0 amide bonds. The molecule has 0 saturated heterocycles. The highest BCUT2D eigenvalue weighted by molar-refractivity contribution is 9.10. The molecule has 0 aliphatic rings. The molecule has 0 aliphatic carbocycles. The van der Waals surface area contributed by atoms with Crippen molar-refractivity contribution in [1.29, 1.82) is 5.26 Å². The van der Waals surface area contributed by atoms with Gasteiger partial charge in [0.25, 0.3) is 10.0 Å². The van der Waals surface area contributed by atoms with E-state index >= 15 is 0 Å². The second-order valence-corrected chi connectivity index (χ2v) is 6.89. The fourth-order valence-electron chi connectivity index (χ4n) is 1.76. The second-order valence-electron chi connectivity index (χ2n) is 4.32. The minimum absolute atomic E-state index is 0.0202. The van der Waals surface area contributed by atoms with E-state index in [1.54, 1.807) is 30.3 Å². The Labute approximate surface area is 131 Å². The van der Waals surface area contributed by atoms with Gasteiger partial charge in [-0.15, -0.1) is 0 Å². The summed E-state index contributed by atoms with van der Waals surface area (Å²) in [4.78, 5) is 0.0202. The molecule has 0 saturated carbocycles. The lowest BCUT2D eigenvalue weighted by Crippen LogP contribution is -2.14. The molecule has 0 radical (unpaired) electrons. The van der Waals surface area contributed by atoms with Crippen LogP contribution >= 0.6 is 15.9 Å². The maximum Gasteiger partial charge on any atom is 0.263 e. The number of nitrogens with two attached hydrogens (primary N) is 1. The van der Waals surface area contributed by atoms with Crippen molar-refractivity contribution in [3.05, 3.63) is 52.5 Å². The van der Waals surface area contributed by atoms with Crippen LogP contribution in [-0.4, -0.2) is 8.42 Å². The second kappa shape index (κ2) is 6.16. The SMILES string of the molecule is N#CCc1ccc(NS(=O)(=O)c2ccc(Br)cc2N)cc1. The summed E-state index contributed by atoms with van der Waals surface area (Å²) in [6.07, 6.45) is 0.284. The Balaban J connectivity index is 2.27. The zero-order chi connectivity index (χ0) is 15.5. The van der Waals surface area contributed by atoms with Gasteiger partial charge in [-0.1, -0.05) is 28.1 Å². The van der Waals surface area contributed by atoms with Crippen molar-refractivity contribution in [2.24, 2.45) is 0 Å². The Bertz CT molecular complexity index is 796. The maximum atomic E-state index is 12.3. The summed E-state index contributed by atoms with van der Waals surface area (Å²) in [5, 5.41) is 8.60. The number of nitriles is 1. The van der Waals surface area contributed by atoms with E-state index in [-0.39, 0.29) is 17.0 Å². The predicted octanol–water partition coefficient (Wildman–Crippen LogP) is 2.90. The molecule has 7 heteroatoms. The average Bonchev–Trinajstić information content (AvgIpc) is 2.40. The highest BCUT2D eigenvalue weighted by atomic mass is 79.9. The summed E-state index contributed by atoms with van der Waals surface area (Å²) in [6.45, 7) is 0. The van der Waals surface area contributed by atoms with E-state index in [4.69, 9.17) is 11.0 Å². The van der Waals surface area contributed by atoms with Crippen molar-refractivity contribution in [1.82, 2.24) is 0 Å². The molecule has 0 aliphatic heterocycles. The van der Waals surface area contributed by atoms with Gasteiger partial charge < -0.3 is 5.73 Å². The lowest BCUT2D eigenvalue weighted by molar-refractivity contribution is 0.601. The zero-order valence-corrected chi connectivity index (χ0v) is 13.3. The van der Waals surface area contributed by atoms with E-state index in [1.165, 1.54) is 12.1 Å². The highest BCUT2D eigenvalue weighted by Gasteiger charge is 2.17. The summed E-state index contributed by atoms with van der Waals surface area (Å²) in [6, 6.07) is 13.2. The number of halogens is 1. The number of benzene rings is 2. The molecular weight excluding hydrogens is 354 g/mol. The number of hydrogen-bond acceptors (Lipinski definition) is 4. The lowest BCUT2D eigenvalue weighted by Gasteiger charge is -2.10. The third kappa shape index (κ3) is 3.74. The number of sulfonamides is 1. The Morgan fingerprint density at radius 1 is 1.19 bits per heavy atom. The molecular formula is C14H12BrN3O2S. The Kier molecular flexibility index (Phi) is 4.50. The Morgan fingerprint density at radius 3 is 2.43 bits per heavy atom. The number of nitrogens with zero attached hydrogens (tertiary/aromatic N) is 1. The van der Waals surface area contributed by atoms with Gasteiger partial charge in [-0.2, -0.15) is 5.26 Å². The first-order valence-electron chi connectivity index (χ1n) is 5.96. The van der Waals surface area contributed by atoms with Crippen LogP contribution in [0, 0.1) is 11.3 Å². The Hall–Kier alpha value is -2.04. The molecule has 0 unspecified atom stereocenters. The molecule has 108 valence electrons. The minimum atomic E-state index is -3.75. The van der Waals surface area contributed by atoms with Crippen molar-refractivity contribution in [2.45, 2.75) is 11.3 Å². The molecule has 0 spiro atoms. The molecule has 0 atom stereocenters. The number of rotatable bonds is 4. The lowest BCUT2D eigenvalue weighted by atomic mass is 10.1. The molecule has 3 N–H and O–H groups in total. The van der Waals surface area contributed by atoms with E-state index in [9.17, 15) is 8.42 Å². The third-order valence-electron chi connectivity index (χ3n) is 2.75. The van der Waals surface area contributed by atoms with Crippen molar-refractivity contribution in [3.63, 3.8) is 0 Å². The van der Waals surface area contributed by atoms with Crippen LogP contribution in [-0.2, 0) is 16.4 Å². The zero-order valence-electron chi connectivity index (χ0n) is 10.9. The van der Waals surface area contributed by atoms with Crippen molar-refractivity contribution < 1.29 is 8.42 Å². The number of nitrogen functional groups attached to an aromatic ring is 1. The fraction of sp³-hybridized carbons (Fsp3) is 0.0714. The van der Waals surface area contributed by atoms with Crippen molar-refractivity contribution in [3.8, 4) is 6.07 Å². The van der Waals surface area contributed by atoms with Crippen LogP contribution in [0.2, 0.25) is 0 Å². The number of anilines is 2. The predicted molar refractivity (Wildman–Crippen MR) is 85.1 cm³/mol. The molecule has 0 fully saturated rings. The van der Waals surface area contributed by atoms with Crippen molar-refractivity contribution >= 4 is 37.3 Å². The summed E-state index contributed by atoms with van der Waals surface area (Å²) in [5.74, 6) is 0. The van der Waals surface area contributed by atoms with E-state index in [1.807, 2.05) is 6.07 Å². The minimum Gasteiger partial charge on any atom is -0.398 e. The molecule has 2 aromatic carbocycles. The van der Waals surface area contributed by atoms with Crippen LogP contribution in [0.4, 0.5) is 11.4 Å². The smallest absolute Gasteiger partial charge is 0.263 e. The molecule has 5 nitrogen and oxygen atoms in total. The van der Waals surface area contributed by atoms with E-state index in [0.29, 0.717) is 10.2 Å². The van der Waals surface area contributed by atoms with Gasteiger partial charge in [-0.3, -0.25) is 4.72 Å². The van der Waals surface area contributed by atoms with Crippen LogP contribution in [0.5, 0.6) is 0 Å². The van der Waals surface area contributed by atoms with Gasteiger partial charge in [0.1, 0.15) is 4.90 Å². The third-order valence-corrected chi connectivity index (χ3v) is 4.70. The van der Waals surface area contributed by atoms with Gasteiger partial charge in [-0.25, -0.2) is 8.42 Å². The van der Waals surface area contributed by atoms with E-state index < -0.39 is 10.0 Å². The van der Waals surface area contributed by atoms with Crippen LogP contribution in [0.3, 0.4) is 0 Å². The average molecular weight is 366 g/mol. The molecule has 0 aromatic heterocycles. The summed E-state index contributed by atoms with van der Waals surface area (Å²) < 4.78 is 27.7.